The molecule has 3 aromatic carbocycles. The molecule has 2 aliphatic rings. The molecule has 0 radical (unpaired) electrons. The van der Waals surface area contributed by atoms with Gasteiger partial charge in [-0.25, -0.2) is 9.69 Å². The molecule has 5 rings (SSSR count). The third kappa shape index (κ3) is 4.68. The van der Waals surface area contributed by atoms with Crippen molar-refractivity contribution in [3.8, 4) is 16.9 Å². The topological polar surface area (TPSA) is 53.1 Å². The molecule has 174 valence electrons. The van der Waals surface area contributed by atoms with Gasteiger partial charge in [-0.2, -0.15) is 0 Å². The van der Waals surface area contributed by atoms with Crippen molar-refractivity contribution >= 4 is 17.6 Å². The van der Waals surface area contributed by atoms with Gasteiger partial charge < -0.3 is 9.64 Å². The lowest BCUT2D eigenvalue weighted by atomic mass is 10.1. The fourth-order valence-electron chi connectivity index (χ4n) is 4.68. The molecular weight excluding hydrogens is 426 g/mol. The van der Waals surface area contributed by atoms with Gasteiger partial charge >= 0.3 is 6.03 Å². The predicted molar refractivity (Wildman–Crippen MR) is 133 cm³/mol. The van der Waals surface area contributed by atoms with Crippen LogP contribution in [-0.2, 0) is 17.9 Å². The molecule has 2 heterocycles. The van der Waals surface area contributed by atoms with Crippen LogP contribution >= 0.6 is 0 Å². The molecule has 2 fully saturated rings. The molecule has 0 bridgehead atoms. The Kier molecular flexibility index (Phi) is 6.32. The number of likely N-dealkylation sites (tertiary alicyclic amines) is 1. The first-order chi connectivity index (χ1) is 16.6. The second-order valence-electron chi connectivity index (χ2n) is 8.94. The minimum absolute atomic E-state index is 0.0919. The Hall–Kier alpha value is -3.64. The Labute approximate surface area is 200 Å². The number of carbonyl (C=O) groups is 2. The Balaban J connectivity index is 1.24. The van der Waals surface area contributed by atoms with E-state index in [1.165, 1.54) is 36.4 Å². The summed E-state index contributed by atoms with van der Waals surface area (Å²) in [5.41, 5.74) is 4.96. The van der Waals surface area contributed by atoms with Gasteiger partial charge in [0.2, 0.25) is 0 Å². The highest BCUT2D eigenvalue weighted by atomic mass is 16.5. The zero-order chi connectivity index (χ0) is 23.5. The number of hydrogen-bond donors (Lipinski definition) is 0. The van der Waals surface area contributed by atoms with Crippen LogP contribution in [0, 0.1) is 0 Å². The molecular formula is C28H29N3O3. The molecule has 6 heteroatoms. The number of imide groups is 1. The average Bonchev–Trinajstić information content (AvgIpc) is 3.48. The van der Waals surface area contributed by atoms with Crippen LogP contribution in [0.3, 0.4) is 0 Å². The molecule has 0 unspecified atom stereocenters. The summed E-state index contributed by atoms with van der Waals surface area (Å²) in [5.74, 6) is 0.600. The van der Waals surface area contributed by atoms with E-state index in [1.54, 1.807) is 12.0 Å². The monoisotopic (exact) mass is 455 g/mol. The summed E-state index contributed by atoms with van der Waals surface area (Å²) in [6, 6.07) is 23.4. The number of carbonyl (C=O) groups excluding carboxylic acids is 2. The number of ether oxygens (including phenoxy) is 1. The van der Waals surface area contributed by atoms with Crippen molar-refractivity contribution in [2.45, 2.75) is 25.9 Å². The van der Waals surface area contributed by atoms with Gasteiger partial charge in [0.15, 0.2) is 0 Å². The fourth-order valence-corrected chi connectivity index (χ4v) is 4.68. The van der Waals surface area contributed by atoms with Crippen LogP contribution in [0.4, 0.5) is 10.5 Å². The normalized spacial score (nSPS) is 16.5. The molecule has 0 aliphatic carbocycles. The largest absolute Gasteiger partial charge is 0.497 e. The van der Waals surface area contributed by atoms with Crippen molar-refractivity contribution in [3.05, 3.63) is 83.9 Å². The van der Waals surface area contributed by atoms with E-state index >= 15 is 0 Å². The minimum atomic E-state index is -0.275. The number of rotatable bonds is 7. The third-order valence-corrected chi connectivity index (χ3v) is 6.59. The molecule has 6 nitrogen and oxygen atoms in total. The Bertz CT molecular complexity index is 1150. The predicted octanol–water partition coefficient (Wildman–Crippen LogP) is 4.93. The van der Waals surface area contributed by atoms with Gasteiger partial charge in [-0.15, -0.1) is 0 Å². The molecule has 2 aliphatic heterocycles. The fraction of sp³-hybridized carbons (Fsp3) is 0.286. The number of urea groups is 1. The van der Waals surface area contributed by atoms with Crippen molar-refractivity contribution in [2.75, 3.05) is 31.6 Å². The Morgan fingerprint density at radius 1 is 0.735 bits per heavy atom. The second kappa shape index (κ2) is 9.69. The summed E-state index contributed by atoms with van der Waals surface area (Å²) in [6.07, 6.45) is 2.56. The lowest BCUT2D eigenvalue weighted by Gasteiger charge is -2.18. The Morgan fingerprint density at radius 2 is 1.29 bits per heavy atom. The van der Waals surface area contributed by atoms with Gasteiger partial charge in [-0.3, -0.25) is 9.69 Å². The molecule has 2 saturated heterocycles. The van der Waals surface area contributed by atoms with Crippen LogP contribution in [0.25, 0.3) is 11.1 Å². The molecule has 34 heavy (non-hydrogen) atoms. The minimum Gasteiger partial charge on any atom is -0.497 e. The third-order valence-electron chi connectivity index (χ3n) is 6.59. The van der Waals surface area contributed by atoms with Gasteiger partial charge in [0.1, 0.15) is 12.3 Å². The summed E-state index contributed by atoms with van der Waals surface area (Å²) in [4.78, 5) is 31.1. The first-order valence-electron chi connectivity index (χ1n) is 11.8. The summed E-state index contributed by atoms with van der Waals surface area (Å²) in [6.45, 7) is 3.83. The highest BCUT2D eigenvalue weighted by Gasteiger charge is 2.37. The van der Waals surface area contributed by atoms with E-state index in [1.807, 2.05) is 48.5 Å². The van der Waals surface area contributed by atoms with Crippen molar-refractivity contribution in [3.63, 3.8) is 0 Å². The summed E-state index contributed by atoms with van der Waals surface area (Å²) in [5, 5.41) is 0. The van der Waals surface area contributed by atoms with E-state index in [4.69, 9.17) is 4.74 Å². The van der Waals surface area contributed by atoms with Gasteiger partial charge in [0.25, 0.3) is 5.91 Å². The van der Waals surface area contributed by atoms with Crippen LogP contribution in [0.5, 0.6) is 5.75 Å². The average molecular weight is 456 g/mol. The number of amides is 3. The van der Waals surface area contributed by atoms with Crippen molar-refractivity contribution < 1.29 is 14.3 Å². The summed E-state index contributed by atoms with van der Waals surface area (Å²) < 4.78 is 5.21. The van der Waals surface area contributed by atoms with E-state index in [2.05, 4.69) is 29.2 Å². The number of anilines is 1. The number of methoxy groups -OCH3 is 1. The van der Waals surface area contributed by atoms with E-state index in [-0.39, 0.29) is 18.5 Å². The van der Waals surface area contributed by atoms with Crippen LogP contribution in [-0.4, -0.2) is 48.5 Å². The SMILES string of the molecule is COc1ccc(-c2ccc(N3C(=O)CN(Cc4ccc(CN5CCCC5)cc4)C3=O)cc2)cc1. The molecule has 0 atom stereocenters. The van der Waals surface area contributed by atoms with Gasteiger partial charge in [-0.1, -0.05) is 48.5 Å². The molecule has 3 amide bonds. The van der Waals surface area contributed by atoms with Crippen molar-refractivity contribution in [1.29, 1.82) is 0 Å². The second-order valence-corrected chi connectivity index (χ2v) is 8.94. The first kappa shape index (κ1) is 22.2. The van der Waals surface area contributed by atoms with Crippen molar-refractivity contribution in [1.82, 2.24) is 9.80 Å². The zero-order valence-corrected chi connectivity index (χ0v) is 19.4. The lowest BCUT2D eigenvalue weighted by Crippen LogP contribution is -2.32. The maximum atomic E-state index is 13.1. The Morgan fingerprint density at radius 3 is 1.88 bits per heavy atom. The lowest BCUT2D eigenvalue weighted by molar-refractivity contribution is -0.116. The van der Waals surface area contributed by atoms with Crippen molar-refractivity contribution in [2.24, 2.45) is 0 Å². The molecule has 0 N–H and O–H groups in total. The molecule has 0 aromatic heterocycles. The quantitative estimate of drug-likeness (QED) is 0.474. The van der Waals surface area contributed by atoms with Crippen LogP contribution in [0.15, 0.2) is 72.8 Å². The van der Waals surface area contributed by atoms with Crippen LogP contribution in [0.2, 0.25) is 0 Å². The highest BCUT2D eigenvalue weighted by Crippen LogP contribution is 2.28. The molecule has 0 spiro atoms. The van der Waals surface area contributed by atoms with E-state index in [9.17, 15) is 9.59 Å². The number of hydrogen-bond acceptors (Lipinski definition) is 4. The van der Waals surface area contributed by atoms with E-state index < -0.39 is 0 Å². The summed E-state index contributed by atoms with van der Waals surface area (Å²) in [7, 11) is 1.64. The van der Waals surface area contributed by atoms with Crippen LogP contribution < -0.4 is 9.64 Å². The highest BCUT2D eigenvalue weighted by molar-refractivity contribution is 6.19. The van der Waals surface area contributed by atoms with Gasteiger partial charge in [-0.05, 0) is 72.5 Å². The summed E-state index contributed by atoms with van der Waals surface area (Å²) >= 11 is 0. The smallest absolute Gasteiger partial charge is 0.332 e. The molecule has 0 saturated carbocycles. The number of benzene rings is 3. The standard InChI is InChI=1S/C28H29N3O3/c1-34-26-14-10-24(11-15-26)23-8-12-25(13-9-23)31-27(32)20-30(28(31)33)19-22-6-4-21(5-7-22)18-29-16-2-3-17-29/h4-15H,2-3,16-20H2,1H3. The van der Waals surface area contributed by atoms with Crippen LogP contribution in [0.1, 0.15) is 24.0 Å². The van der Waals surface area contributed by atoms with E-state index in [0.29, 0.717) is 12.2 Å². The maximum absolute atomic E-state index is 13.1. The first-order valence-corrected chi connectivity index (χ1v) is 11.8. The zero-order valence-electron chi connectivity index (χ0n) is 19.4. The number of nitrogens with zero attached hydrogens (tertiary/aromatic N) is 3. The maximum Gasteiger partial charge on any atom is 0.332 e. The van der Waals surface area contributed by atoms with E-state index in [0.717, 1.165) is 29.0 Å². The molecule has 3 aromatic rings. The van der Waals surface area contributed by atoms with Gasteiger partial charge in [0.05, 0.1) is 12.8 Å². The van der Waals surface area contributed by atoms with Gasteiger partial charge in [0, 0.05) is 13.1 Å².